The van der Waals surface area contributed by atoms with E-state index in [2.05, 4.69) is 11.0 Å². The molecule has 1 N–H and O–H groups in total. The van der Waals surface area contributed by atoms with Gasteiger partial charge in [0.15, 0.2) is 0 Å². The maximum absolute atomic E-state index is 13.5. The minimum absolute atomic E-state index is 0.0999. The van der Waals surface area contributed by atoms with E-state index in [-0.39, 0.29) is 18.5 Å². The number of aryl methyl sites for hydroxylation is 1. The number of likely N-dealkylation sites (N-methyl/N-ethyl adjacent to an activating group) is 1. The molecule has 1 saturated heterocycles. The molecule has 2 aromatic carbocycles. The summed E-state index contributed by atoms with van der Waals surface area (Å²) in [7, 11) is 3.96. The normalized spacial score (nSPS) is 20.1. The molecule has 1 aliphatic heterocycles. The Morgan fingerprint density at radius 1 is 1.04 bits per heavy atom. The second-order valence-corrected chi connectivity index (χ2v) is 7.86. The Kier molecular flexibility index (Phi) is 6.15. The Balaban J connectivity index is 1.97. The van der Waals surface area contributed by atoms with E-state index in [0.717, 1.165) is 23.1 Å². The predicted octanol–water partition coefficient (Wildman–Crippen LogP) is 3.53. The zero-order chi connectivity index (χ0) is 20.3. The Morgan fingerprint density at radius 3 is 2.46 bits per heavy atom. The topological polar surface area (TPSA) is 60.9 Å². The van der Waals surface area contributed by atoms with Gasteiger partial charge in [0.2, 0.25) is 0 Å². The molecule has 148 valence electrons. The number of amides is 1. The molecule has 0 unspecified atom stereocenters. The molecule has 0 aliphatic carbocycles. The monoisotopic (exact) mass is 380 g/mol. The standard InChI is InChI=1S/C23H28N2O3/c1-16-7-6-8-17(13-16)20-9-4-5-10-21(20)22(26)25-14-18(23(27)28)11-12-19(15-25)24(2)3/h4-10,13,18-19H,11-12,14-15H2,1-3H3,(H,27,28)/t18-,19+/m0/s1. The zero-order valence-electron chi connectivity index (χ0n) is 16.8. The van der Waals surface area contributed by atoms with Crippen LogP contribution in [0.4, 0.5) is 0 Å². The zero-order valence-corrected chi connectivity index (χ0v) is 16.8. The number of likely N-dealkylation sites (tertiary alicyclic amines) is 1. The number of benzene rings is 2. The molecule has 28 heavy (non-hydrogen) atoms. The Morgan fingerprint density at radius 2 is 1.79 bits per heavy atom. The maximum atomic E-state index is 13.5. The van der Waals surface area contributed by atoms with Crippen LogP contribution < -0.4 is 0 Å². The first-order chi connectivity index (χ1) is 13.4. The Hall–Kier alpha value is -2.66. The number of rotatable bonds is 4. The summed E-state index contributed by atoms with van der Waals surface area (Å²) in [6, 6.07) is 15.8. The summed E-state index contributed by atoms with van der Waals surface area (Å²) in [5.74, 6) is -1.46. The van der Waals surface area contributed by atoms with E-state index in [1.165, 1.54) is 0 Å². The van der Waals surface area contributed by atoms with Crippen molar-refractivity contribution in [3.8, 4) is 11.1 Å². The van der Waals surface area contributed by atoms with Gasteiger partial charge in [-0.15, -0.1) is 0 Å². The third-order valence-electron chi connectivity index (χ3n) is 5.57. The molecule has 0 spiro atoms. The first-order valence-electron chi connectivity index (χ1n) is 9.71. The van der Waals surface area contributed by atoms with Gasteiger partial charge in [-0.05, 0) is 51.1 Å². The van der Waals surface area contributed by atoms with Crippen LogP contribution in [0, 0.1) is 12.8 Å². The summed E-state index contributed by atoms with van der Waals surface area (Å²) >= 11 is 0. The van der Waals surface area contributed by atoms with E-state index < -0.39 is 11.9 Å². The fourth-order valence-corrected chi connectivity index (χ4v) is 3.86. The van der Waals surface area contributed by atoms with Gasteiger partial charge in [-0.25, -0.2) is 0 Å². The van der Waals surface area contributed by atoms with E-state index in [1.807, 2.05) is 63.5 Å². The quantitative estimate of drug-likeness (QED) is 0.882. The van der Waals surface area contributed by atoms with E-state index >= 15 is 0 Å². The first kappa shape index (κ1) is 20.1. The van der Waals surface area contributed by atoms with Gasteiger partial charge < -0.3 is 14.9 Å². The third-order valence-corrected chi connectivity index (χ3v) is 5.57. The molecule has 2 aromatic rings. The highest BCUT2D eigenvalue weighted by Gasteiger charge is 2.32. The van der Waals surface area contributed by atoms with Crippen molar-refractivity contribution in [1.82, 2.24) is 9.80 Å². The van der Waals surface area contributed by atoms with Crippen LogP contribution in [0.1, 0.15) is 28.8 Å². The molecule has 5 heteroatoms. The lowest BCUT2D eigenvalue weighted by atomic mass is 9.97. The van der Waals surface area contributed by atoms with E-state index in [9.17, 15) is 14.7 Å². The van der Waals surface area contributed by atoms with Crippen LogP contribution in [0.25, 0.3) is 11.1 Å². The fraction of sp³-hybridized carbons (Fsp3) is 0.391. The number of carboxylic acids is 1. The Labute approximate surface area is 166 Å². The van der Waals surface area contributed by atoms with E-state index in [1.54, 1.807) is 4.90 Å². The van der Waals surface area contributed by atoms with E-state index in [0.29, 0.717) is 18.5 Å². The highest BCUT2D eigenvalue weighted by molar-refractivity contribution is 6.01. The van der Waals surface area contributed by atoms with Crippen LogP contribution in [-0.4, -0.2) is 60.0 Å². The average molecular weight is 380 g/mol. The van der Waals surface area contributed by atoms with Crippen molar-refractivity contribution >= 4 is 11.9 Å². The third kappa shape index (κ3) is 4.42. The SMILES string of the molecule is Cc1cccc(-c2ccccc2C(=O)N2C[C@@H](C(=O)O)CC[C@@H](N(C)C)C2)c1. The number of aliphatic carboxylic acids is 1. The molecule has 0 aromatic heterocycles. The van der Waals surface area contributed by atoms with Gasteiger partial charge in [0.1, 0.15) is 0 Å². The van der Waals surface area contributed by atoms with Gasteiger partial charge in [-0.2, -0.15) is 0 Å². The van der Waals surface area contributed by atoms with Gasteiger partial charge in [0, 0.05) is 24.7 Å². The summed E-state index contributed by atoms with van der Waals surface area (Å²) in [5, 5.41) is 9.57. The highest BCUT2D eigenvalue weighted by atomic mass is 16.4. The van der Waals surface area contributed by atoms with Crippen LogP contribution in [0.2, 0.25) is 0 Å². The molecule has 3 rings (SSSR count). The minimum atomic E-state index is -0.829. The molecule has 1 heterocycles. The van der Waals surface area contributed by atoms with Crippen molar-refractivity contribution in [3.05, 3.63) is 59.7 Å². The smallest absolute Gasteiger partial charge is 0.308 e. The predicted molar refractivity (Wildman–Crippen MR) is 110 cm³/mol. The van der Waals surface area contributed by atoms with Crippen molar-refractivity contribution < 1.29 is 14.7 Å². The number of carbonyl (C=O) groups excluding carboxylic acids is 1. The molecule has 0 saturated carbocycles. The van der Waals surface area contributed by atoms with Crippen LogP contribution in [-0.2, 0) is 4.79 Å². The van der Waals surface area contributed by atoms with Gasteiger partial charge in [0.25, 0.3) is 5.91 Å². The minimum Gasteiger partial charge on any atom is -0.481 e. The van der Waals surface area contributed by atoms with Crippen LogP contribution in [0.5, 0.6) is 0 Å². The molecule has 1 fully saturated rings. The van der Waals surface area contributed by atoms with Crippen LogP contribution in [0.15, 0.2) is 48.5 Å². The molecular formula is C23H28N2O3. The van der Waals surface area contributed by atoms with Gasteiger partial charge >= 0.3 is 5.97 Å². The van der Waals surface area contributed by atoms with Crippen molar-refractivity contribution in [3.63, 3.8) is 0 Å². The molecule has 1 aliphatic rings. The van der Waals surface area contributed by atoms with E-state index in [4.69, 9.17) is 0 Å². The van der Waals surface area contributed by atoms with Gasteiger partial charge in [-0.3, -0.25) is 9.59 Å². The molecule has 5 nitrogen and oxygen atoms in total. The number of nitrogens with zero attached hydrogens (tertiary/aromatic N) is 2. The fourth-order valence-electron chi connectivity index (χ4n) is 3.86. The van der Waals surface area contributed by atoms with Crippen molar-refractivity contribution in [1.29, 1.82) is 0 Å². The number of carbonyl (C=O) groups is 2. The lowest BCUT2D eigenvalue weighted by molar-refractivity contribution is -0.142. The summed E-state index contributed by atoms with van der Waals surface area (Å²) in [6.07, 6.45) is 1.36. The molecule has 0 radical (unpaired) electrons. The van der Waals surface area contributed by atoms with Crippen LogP contribution in [0.3, 0.4) is 0 Å². The van der Waals surface area contributed by atoms with Gasteiger partial charge in [-0.1, -0.05) is 48.0 Å². The number of hydrogen-bond acceptors (Lipinski definition) is 3. The second-order valence-electron chi connectivity index (χ2n) is 7.86. The molecule has 2 atom stereocenters. The molecule has 1 amide bonds. The summed E-state index contributed by atoms with van der Waals surface area (Å²) in [4.78, 5) is 29.0. The summed E-state index contributed by atoms with van der Waals surface area (Å²) < 4.78 is 0. The summed E-state index contributed by atoms with van der Waals surface area (Å²) in [5.41, 5.74) is 3.64. The number of hydrogen-bond donors (Lipinski definition) is 1. The van der Waals surface area contributed by atoms with Crippen LogP contribution >= 0.6 is 0 Å². The molecule has 0 bridgehead atoms. The van der Waals surface area contributed by atoms with Crippen molar-refractivity contribution in [2.75, 3.05) is 27.2 Å². The molecular weight excluding hydrogens is 352 g/mol. The maximum Gasteiger partial charge on any atom is 0.308 e. The lowest BCUT2D eigenvalue weighted by Gasteiger charge is -2.29. The van der Waals surface area contributed by atoms with Gasteiger partial charge in [0.05, 0.1) is 5.92 Å². The van der Waals surface area contributed by atoms with Crippen molar-refractivity contribution in [2.45, 2.75) is 25.8 Å². The highest BCUT2D eigenvalue weighted by Crippen LogP contribution is 2.27. The average Bonchev–Trinajstić information content (AvgIpc) is 2.91. The number of carboxylic acid groups (broad SMARTS) is 1. The summed E-state index contributed by atoms with van der Waals surface area (Å²) in [6.45, 7) is 2.82. The second kappa shape index (κ2) is 8.57. The first-order valence-corrected chi connectivity index (χ1v) is 9.71. The lowest BCUT2D eigenvalue weighted by Crippen LogP contribution is -2.43. The van der Waals surface area contributed by atoms with Crippen molar-refractivity contribution in [2.24, 2.45) is 5.92 Å². The largest absolute Gasteiger partial charge is 0.481 e. The Bertz CT molecular complexity index is 862.